The summed E-state index contributed by atoms with van der Waals surface area (Å²) in [5, 5.41) is 0. The van der Waals surface area contributed by atoms with Crippen LogP contribution in [-0.2, 0) is 0 Å². The van der Waals surface area contributed by atoms with Gasteiger partial charge in [0.2, 0.25) is 0 Å². The van der Waals surface area contributed by atoms with Gasteiger partial charge in [0.25, 0.3) is 0 Å². The van der Waals surface area contributed by atoms with E-state index < -0.39 is 0 Å². The van der Waals surface area contributed by atoms with Crippen LogP contribution >= 0.6 is 0 Å². The minimum atomic E-state index is 0.564. The lowest BCUT2D eigenvalue weighted by Gasteiger charge is -2.35. The van der Waals surface area contributed by atoms with Crippen LogP contribution < -0.4 is 0 Å². The first-order valence-corrected chi connectivity index (χ1v) is 6.45. The Morgan fingerprint density at radius 2 is 1.80 bits per heavy atom. The average Bonchev–Trinajstić information content (AvgIpc) is 2.16. The number of rotatable bonds is 8. The van der Waals surface area contributed by atoms with Gasteiger partial charge in [0.05, 0.1) is 0 Å². The zero-order valence-corrected chi connectivity index (χ0v) is 11.3. The van der Waals surface area contributed by atoms with Crippen molar-refractivity contribution in [3.05, 3.63) is 12.7 Å². The molecule has 0 saturated carbocycles. The zero-order valence-electron chi connectivity index (χ0n) is 11.3. The fourth-order valence-electron chi connectivity index (χ4n) is 2.41. The van der Waals surface area contributed by atoms with E-state index in [1.807, 2.05) is 0 Å². The molecule has 0 heterocycles. The van der Waals surface area contributed by atoms with Crippen LogP contribution in [-0.4, -0.2) is 23.5 Å². The van der Waals surface area contributed by atoms with Crippen LogP contribution in [0.1, 0.15) is 53.9 Å². The van der Waals surface area contributed by atoms with Crippen LogP contribution in [0, 0.1) is 5.92 Å². The first-order chi connectivity index (χ1) is 7.06. The van der Waals surface area contributed by atoms with Gasteiger partial charge in [-0.05, 0) is 32.2 Å². The molecule has 0 bridgehead atoms. The van der Waals surface area contributed by atoms with Gasteiger partial charge in [0.1, 0.15) is 0 Å². The first-order valence-electron chi connectivity index (χ1n) is 6.45. The summed E-state index contributed by atoms with van der Waals surface area (Å²) in [7, 11) is 0. The maximum absolute atomic E-state index is 3.97. The summed E-state index contributed by atoms with van der Waals surface area (Å²) >= 11 is 0. The quantitative estimate of drug-likeness (QED) is 0.546. The van der Waals surface area contributed by atoms with E-state index >= 15 is 0 Å². The number of nitrogens with zero attached hydrogens (tertiary/aromatic N) is 1. The van der Waals surface area contributed by atoms with Crippen molar-refractivity contribution < 1.29 is 0 Å². The predicted octanol–water partition coefficient (Wildman–Crippen LogP) is 4.10. The first kappa shape index (κ1) is 14.7. The molecule has 0 fully saturated rings. The molecular weight excluding hydrogens is 182 g/mol. The van der Waals surface area contributed by atoms with Crippen molar-refractivity contribution in [2.24, 2.45) is 5.92 Å². The fourth-order valence-corrected chi connectivity index (χ4v) is 2.41. The third-order valence-corrected chi connectivity index (χ3v) is 3.03. The molecule has 0 aliphatic heterocycles. The van der Waals surface area contributed by atoms with E-state index in [1.54, 1.807) is 0 Å². The van der Waals surface area contributed by atoms with Gasteiger partial charge in [0.15, 0.2) is 0 Å². The van der Waals surface area contributed by atoms with Gasteiger partial charge in [0, 0.05) is 12.1 Å². The van der Waals surface area contributed by atoms with Crippen molar-refractivity contribution in [3.8, 4) is 0 Å². The van der Waals surface area contributed by atoms with Crippen molar-refractivity contribution in [2.45, 2.75) is 66.0 Å². The Morgan fingerprint density at radius 1 is 1.20 bits per heavy atom. The molecule has 90 valence electrons. The van der Waals surface area contributed by atoms with E-state index in [9.17, 15) is 0 Å². The Morgan fingerprint density at radius 3 is 2.13 bits per heavy atom. The van der Waals surface area contributed by atoms with Crippen LogP contribution in [0.4, 0.5) is 0 Å². The van der Waals surface area contributed by atoms with Gasteiger partial charge in [-0.25, -0.2) is 0 Å². The molecule has 0 aliphatic rings. The van der Waals surface area contributed by atoms with Crippen molar-refractivity contribution in [1.82, 2.24) is 4.90 Å². The molecule has 0 aromatic rings. The molecule has 1 heteroatoms. The van der Waals surface area contributed by atoms with Crippen molar-refractivity contribution in [3.63, 3.8) is 0 Å². The van der Waals surface area contributed by atoms with Crippen LogP contribution in [0.5, 0.6) is 0 Å². The molecule has 0 radical (unpaired) electrons. The predicted molar refractivity (Wildman–Crippen MR) is 70.2 cm³/mol. The van der Waals surface area contributed by atoms with Gasteiger partial charge < -0.3 is 0 Å². The molecular formula is C14H29N. The minimum Gasteiger partial charge on any atom is -0.295 e. The lowest BCUT2D eigenvalue weighted by molar-refractivity contribution is 0.154. The highest BCUT2D eigenvalue weighted by Gasteiger charge is 2.19. The average molecular weight is 211 g/mol. The molecule has 0 amide bonds. The highest BCUT2D eigenvalue weighted by molar-refractivity contribution is 4.89. The van der Waals surface area contributed by atoms with E-state index in [0.29, 0.717) is 12.1 Å². The Balaban J connectivity index is 4.35. The SMILES string of the molecule is C=CC(CCC)N(CC)C(C)CC(C)C. The summed E-state index contributed by atoms with van der Waals surface area (Å²) in [6.45, 7) is 16.5. The van der Waals surface area contributed by atoms with Crippen LogP contribution in [0.3, 0.4) is 0 Å². The summed E-state index contributed by atoms with van der Waals surface area (Å²) in [5.41, 5.74) is 0. The molecule has 2 unspecified atom stereocenters. The van der Waals surface area contributed by atoms with Gasteiger partial charge in [-0.1, -0.05) is 40.2 Å². The minimum absolute atomic E-state index is 0.564. The fraction of sp³-hybridized carbons (Fsp3) is 0.857. The van der Waals surface area contributed by atoms with Crippen molar-refractivity contribution in [1.29, 1.82) is 0 Å². The molecule has 0 N–H and O–H groups in total. The Kier molecular flexibility index (Phi) is 7.76. The third-order valence-electron chi connectivity index (χ3n) is 3.03. The maximum atomic E-state index is 3.97. The van der Waals surface area contributed by atoms with Crippen molar-refractivity contribution >= 4 is 0 Å². The van der Waals surface area contributed by atoms with Crippen LogP contribution in [0.2, 0.25) is 0 Å². The maximum Gasteiger partial charge on any atom is 0.0278 e. The largest absolute Gasteiger partial charge is 0.295 e. The molecule has 0 aromatic carbocycles. The molecule has 1 nitrogen and oxygen atoms in total. The molecule has 0 spiro atoms. The molecule has 15 heavy (non-hydrogen) atoms. The Hall–Kier alpha value is -0.300. The number of likely N-dealkylation sites (N-methyl/N-ethyl adjacent to an activating group) is 1. The van der Waals surface area contributed by atoms with E-state index in [1.165, 1.54) is 19.3 Å². The van der Waals surface area contributed by atoms with E-state index in [4.69, 9.17) is 0 Å². The smallest absolute Gasteiger partial charge is 0.0278 e. The van der Waals surface area contributed by atoms with E-state index in [2.05, 4.69) is 52.2 Å². The highest BCUT2D eigenvalue weighted by Crippen LogP contribution is 2.17. The Bertz CT molecular complexity index is 163. The molecule has 0 aliphatic carbocycles. The molecule has 2 atom stereocenters. The lowest BCUT2D eigenvalue weighted by Crippen LogP contribution is -2.41. The van der Waals surface area contributed by atoms with Gasteiger partial charge >= 0.3 is 0 Å². The summed E-state index contributed by atoms with van der Waals surface area (Å²) in [6.07, 6.45) is 5.87. The van der Waals surface area contributed by atoms with Gasteiger partial charge in [-0.15, -0.1) is 6.58 Å². The van der Waals surface area contributed by atoms with E-state index in [0.717, 1.165) is 12.5 Å². The van der Waals surface area contributed by atoms with Crippen LogP contribution in [0.15, 0.2) is 12.7 Å². The van der Waals surface area contributed by atoms with Crippen LogP contribution in [0.25, 0.3) is 0 Å². The third kappa shape index (κ3) is 5.36. The van der Waals surface area contributed by atoms with E-state index in [-0.39, 0.29) is 0 Å². The summed E-state index contributed by atoms with van der Waals surface area (Å²) < 4.78 is 0. The highest BCUT2D eigenvalue weighted by atomic mass is 15.2. The molecule has 0 saturated heterocycles. The standard InChI is InChI=1S/C14H29N/c1-7-10-14(8-2)15(9-3)13(6)11-12(4)5/h8,12-14H,2,7,9-11H2,1,3-6H3. The van der Waals surface area contributed by atoms with Gasteiger partial charge in [-0.2, -0.15) is 0 Å². The zero-order chi connectivity index (χ0) is 11.8. The normalized spacial score (nSPS) is 15.7. The second kappa shape index (κ2) is 7.92. The lowest BCUT2D eigenvalue weighted by atomic mass is 10.0. The summed E-state index contributed by atoms with van der Waals surface area (Å²) in [4.78, 5) is 2.58. The topological polar surface area (TPSA) is 3.24 Å². The molecule has 0 aromatic heterocycles. The second-order valence-electron chi connectivity index (χ2n) is 4.90. The number of hydrogen-bond acceptors (Lipinski definition) is 1. The summed E-state index contributed by atoms with van der Waals surface area (Å²) in [6, 6.07) is 1.23. The monoisotopic (exact) mass is 211 g/mol. The van der Waals surface area contributed by atoms with Gasteiger partial charge in [-0.3, -0.25) is 4.90 Å². The number of hydrogen-bond donors (Lipinski definition) is 0. The Labute approximate surface area is 96.6 Å². The summed E-state index contributed by atoms with van der Waals surface area (Å²) in [5.74, 6) is 0.779. The van der Waals surface area contributed by atoms with Crippen molar-refractivity contribution in [2.75, 3.05) is 6.54 Å². The second-order valence-corrected chi connectivity index (χ2v) is 4.90. The molecule has 0 rings (SSSR count).